The fourth-order valence-corrected chi connectivity index (χ4v) is 2.08. The first-order valence-corrected chi connectivity index (χ1v) is 6.39. The van der Waals surface area contributed by atoms with Crippen LogP contribution in [-0.2, 0) is 6.54 Å². The molecule has 21 heavy (non-hydrogen) atoms. The standard InChI is InChI=1S/C15H14N4O2/c16-11-8-17-12(9-19-13(20)6-7-14(19)21)18-15(11)10-4-2-1-3-5-10/h1-8,20-21H,9,16H2. The number of nitrogens with two attached hydrogens (primary N) is 1. The molecular formula is C15H14N4O2. The molecule has 6 heteroatoms. The Bertz CT molecular complexity index is 749. The third-order valence-corrected chi connectivity index (χ3v) is 3.15. The SMILES string of the molecule is Nc1cnc(Cn2c(O)ccc2O)nc1-c1ccccc1. The summed E-state index contributed by atoms with van der Waals surface area (Å²) >= 11 is 0. The van der Waals surface area contributed by atoms with Gasteiger partial charge in [-0.05, 0) is 0 Å². The lowest BCUT2D eigenvalue weighted by Crippen LogP contribution is -2.06. The van der Waals surface area contributed by atoms with E-state index >= 15 is 0 Å². The topological polar surface area (TPSA) is 97.2 Å². The summed E-state index contributed by atoms with van der Waals surface area (Å²) in [4.78, 5) is 8.56. The van der Waals surface area contributed by atoms with Gasteiger partial charge in [0, 0.05) is 17.7 Å². The quantitative estimate of drug-likeness (QED) is 0.682. The van der Waals surface area contributed by atoms with Gasteiger partial charge < -0.3 is 15.9 Å². The first-order valence-electron chi connectivity index (χ1n) is 6.39. The van der Waals surface area contributed by atoms with Gasteiger partial charge in [-0.1, -0.05) is 30.3 Å². The molecule has 3 aromatic rings. The number of hydrogen-bond donors (Lipinski definition) is 3. The first-order chi connectivity index (χ1) is 10.1. The molecule has 0 radical (unpaired) electrons. The molecule has 0 saturated carbocycles. The average Bonchev–Trinajstić information content (AvgIpc) is 2.82. The van der Waals surface area contributed by atoms with Crippen molar-refractivity contribution in [3.63, 3.8) is 0 Å². The fourth-order valence-electron chi connectivity index (χ4n) is 2.08. The summed E-state index contributed by atoms with van der Waals surface area (Å²) in [6, 6.07) is 12.4. The van der Waals surface area contributed by atoms with Gasteiger partial charge in [0.1, 0.15) is 5.82 Å². The van der Waals surface area contributed by atoms with E-state index in [1.165, 1.54) is 22.9 Å². The second-order valence-electron chi connectivity index (χ2n) is 4.59. The molecule has 6 nitrogen and oxygen atoms in total. The molecule has 2 heterocycles. The van der Waals surface area contributed by atoms with Crippen LogP contribution < -0.4 is 5.73 Å². The van der Waals surface area contributed by atoms with E-state index < -0.39 is 0 Å². The number of nitrogens with zero attached hydrogens (tertiary/aromatic N) is 3. The zero-order valence-electron chi connectivity index (χ0n) is 11.1. The highest BCUT2D eigenvalue weighted by molar-refractivity contribution is 5.71. The third kappa shape index (κ3) is 2.51. The molecule has 0 atom stereocenters. The summed E-state index contributed by atoms with van der Waals surface area (Å²) in [5, 5.41) is 19.3. The molecule has 0 saturated heterocycles. The summed E-state index contributed by atoms with van der Waals surface area (Å²) in [5.74, 6) is 0.355. The number of hydrogen-bond acceptors (Lipinski definition) is 5. The Kier molecular flexibility index (Phi) is 3.19. The van der Waals surface area contributed by atoms with Crippen molar-refractivity contribution in [2.75, 3.05) is 5.73 Å². The van der Waals surface area contributed by atoms with E-state index in [0.29, 0.717) is 17.2 Å². The largest absolute Gasteiger partial charge is 0.494 e. The zero-order chi connectivity index (χ0) is 14.8. The Labute approximate surface area is 121 Å². The minimum atomic E-state index is -0.0470. The van der Waals surface area contributed by atoms with Crippen LogP contribution in [0.1, 0.15) is 5.82 Å². The maximum absolute atomic E-state index is 9.66. The molecule has 1 aromatic carbocycles. The number of aromatic hydroxyl groups is 2. The predicted molar refractivity (Wildman–Crippen MR) is 78.7 cm³/mol. The molecule has 106 valence electrons. The molecule has 0 unspecified atom stereocenters. The van der Waals surface area contributed by atoms with Crippen LogP contribution >= 0.6 is 0 Å². The van der Waals surface area contributed by atoms with Gasteiger partial charge in [-0.2, -0.15) is 0 Å². The number of anilines is 1. The Morgan fingerprint density at radius 3 is 2.33 bits per heavy atom. The maximum atomic E-state index is 9.66. The lowest BCUT2D eigenvalue weighted by Gasteiger charge is -2.09. The normalized spacial score (nSPS) is 10.7. The number of nitrogen functional groups attached to an aromatic ring is 1. The van der Waals surface area contributed by atoms with E-state index in [0.717, 1.165) is 5.56 Å². The van der Waals surface area contributed by atoms with Crippen molar-refractivity contribution in [2.24, 2.45) is 0 Å². The van der Waals surface area contributed by atoms with Gasteiger partial charge in [0.2, 0.25) is 0 Å². The number of rotatable bonds is 3. The van der Waals surface area contributed by atoms with Gasteiger partial charge in [-0.15, -0.1) is 0 Å². The minimum Gasteiger partial charge on any atom is -0.494 e. The van der Waals surface area contributed by atoms with Crippen LogP contribution in [0.4, 0.5) is 5.69 Å². The van der Waals surface area contributed by atoms with Gasteiger partial charge in [0.25, 0.3) is 0 Å². The van der Waals surface area contributed by atoms with Crippen LogP contribution in [0.3, 0.4) is 0 Å². The van der Waals surface area contributed by atoms with Crippen LogP contribution in [-0.4, -0.2) is 24.7 Å². The molecule has 0 aliphatic carbocycles. The fraction of sp³-hybridized carbons (Fsp3) is 0.0667. The van der Waals surface area contributed by atoms with Gasteiger partial charge in [-0.25, -0.2) is 9.97 Å². The molecule has 0 amide bonds. The Morgan fingerprint density at radius 2 is 1.67 bits per heavy atom. The smallest absolute Gasteiger partial charge is 0.194 e. The molecule has 3 rings (SSSR count). The van der Waals surface area contributed by atoms with Crippen LogP contribution in [0.5, 0.6) is 11.8 Å². The Balaban J connectivity index is 1.99. The van der Waals surface area contributed by atoms with Crippen LogP contribution in [0.15, 0.2) is 48.7 Å². The summed E-state index contributed by atoms with van der Waals surface area (Å²) < 4.78 is 1.31. The van der Waals surface area contributed by atoms with Gasteiger partial charge in [-0.3, -0.25) is 4.57 Å². The summed E-state index contributed by atoms with van der Waals surface area (Å²) in [6.07, 6.45) is 1.53. The maximum Gasteiger partial charge on any atom is 0.194 e. The summed E-state index contributed by atoms with van der Waals surface area (Å²) in [5.41, 5.74) is 7.92. The number of aromatic nitrogens is 3. The second kappa shape index (κ2) is 5.16. The van der Waals surface area contributed by atoms with Crippen LogP contribution in [0, 0.1) is 0 Å². The van der Waals surface area contributed by atoms with Crippen molar-refractivity contribution in [3.05, 3.63) is 54.5 Å². The van der Waals surface area contributed by atoms with Crippen molar-refractivity contribution in [3.8, 4) is 23.0 Å². The Morgan fingerprint density at radius 1 is 1.00 bits per heavy atom. The summed E-state index contributed by atoms with van der Waals surface area (Å²) in [7, 11) is 0. The Hall–Kier alpha value is -3.02. The molecule has 2 aromatic heterocycles. The highest BCUT2D eigenvalue weighted by Gasteiger charge is 2.11. The molecule has 0 fully saturated rings. The van der Waals surface area contributed by atoms with Crippen molar-refractivity contribution in [1.29, 1.82) is 0 Å². The van der Waals surface area contributed by atoms with Crippen molar-refractivity contribution in [1.82, 2.24) is 14.5 Å². The molecule has 0 aliphatic rings. The lowest BCUT2D eigenvalue weighted by molar-refractivity contribution is 0.375. The molecule has 0 bridgehead atoms. The highest BCUT2D eigenvalue weighted by atomic mass is 16.3. The number of benzene rings is 1. The highest BCUT2D eigenvalue weighted by Crippen LogP contribution is 2.25. The zero-order valence-corrected chi connectivity index (χ0v) is 11.1. The first kappa shape index (κ1) is 13.0. The summed E-state index contributed by atoms with van der Waals surface area (Å²) in [6.45, 7) is 0.158. The van der Waals surface area contributed by atoms with E-state index in [2.05, 4.69) is 9.97 Å². The molecular weight excluding hydrogens is 268 g/mol. The predicted octanol–water partition coefficient (Wildman–Crippen LogP) is 1.99. The van der Waals surface area contributed by atoms with Crippen molar-refractivity contribution < 1.29 is 10.2 Å². The van der Waals surface area contributed by atoms with E-state index in [1.54, 1.807) is 0 Å². The molecule has 0 spiro atoms. The van der Waals surface area contributed by atoms with E-state index in [9.17, 15) is 10.2 Å². The van der Waals surface area contributed by atoms with E-state index in [-0.39, 0.29) is 18.3 Å². The lowest BCUT2D eigenvalue weighted by atomic mass is 10.1. The second-order valence-corrected chi connectivity index (χ2v) is 4.59. The van der Waals surface area contributed by atoms with Crippen LogP contribution in [0.25, 0.3) is 11.3 Å². The molecule has 0 aliphatic heterocycles. The average molecular weight is 282 g/mol. The van der Waals surface area contributed by atoms with Gasteiger partial charge >= 0.3 is 0 Å². The minimum absolute atomic E-state index is 0.0470. The van der Waals surface area contributed by atoms with E-state index in [4.69, 9.17) is 5.73 Å². The monoisotopic (exact) mass is 282 g/mol. The third-order valence-electron chi connectivity index (χ3n) is 3.15. The van der Waals surface area contributed by atoms with E-state index in [1.807, 2.05) is 30.3 Å². The van der Waals surface area contributed by atoms with Crippen molar-refractivity contribution in [2.45, 2.75) is 6.54 Å². The van der Waals surface area contributed by atoms with Gasteiger partial charge in [0.05, 0.1) is 24.1 Å². The van der Waals surface area contributed by atoms with Gasteiger partial charge in [0.15, 0.2) is 11.8 Å². The van der Waals surface area contributed by atoms with Crippen molar-refractivity contribution >= 4 is 5.69 Å². The van der Waals surface area contributed by atoms with Crippen LogP contribution in [0.2, 0.25) is 0 Å². The molecule has 4 N–H and O–H groups in total.